The number of aryl methyl sites for hydroxylation is 1. The van der Waals surface area contributed by atoms with Crippen molar-refractivity contribution >= 4 is 27.3 Å². The highest BCUT2D eigenvalue weighted by molar-refractivity contribution is 7.92. The molecule has 2 N–H and O–H groups in total. The van der Waals surface area contributed by atoms with Gasteiger partial charge in [0.25, 0.3) is 15.9 Å². The van der Waals surface area contributed by atoms with E-state index in [9.17, 15) is 26.4 Å². The predicted molar refractivity (Wildman–Crippen MR) is 103 cm³/mol. The van der Waals surface area contributed by atoms with Crippen molar-refractivity contribution in [3.8, 4) is 0 Å². The van der Waals surface area contributed by atoms with Gasteiger partial charge in [-0.25, -0.2) is 21.6 Å². The zero-order valence-electron chi connectivity index (χ0n) is 15.0. The van der Waals surface area contributed by atoms with Crippen LogP contribution in [0.5, 0.6) is 0 Å². The van der Waals surface area contributed by atoms with Crippen LogP contribution in [0.3, 0.4) is 0 Å². The minimum atomic E-state index is -4.05. The van der Waals surface area contributed by atoms with Crippen molar-refractivity contribution in [3.63, 3.8) is 0 Å². The lowest BCUT2D eigenvalue weighted by Crippen LogP contribution is -2.17. The molecule has 0 radical (unpaired) electrons. The molecule has 0 saturated heterocycles. The monoisotopic (exact) mass is 420 g/mol. The van der Waals surface area contributed by atoms with Crippen LogP contribution in [0.1, 0.15) is 15.9 Å². The number of hydrogen-bond donors (Lipinski definition) is 2. The van der Waals surface area contributed by atoms with Gasteiger partial charge in [-0.1, -0.05) is 6.07 Å². The second-order valence-electron chi connectivity index (χ2n) is 6.17. The zero-order valence-corrected chi connectivity index (χ0v) is 15.9. The summed E-state index contributed by atoms with van der Waals surface area (Å²) < 4.78 is 66.8. The maximum atomic E-state index is 13.3. The first-order valence-corrected chi connectivity index (χ1v) is 9.79. The van der Waals surface area contributed by atoms with E-state index in [2.05, 4.69) is 10.0 Å². The van der Waals surface area contributed by atoms with Crippen LogP contribution in [0.25, 0.3) is 0 Å². The normalized spacial score (nSPS) is 11.2. The van der Waals surface area contributed by atoms with Gasteiger partial charge in [0.1, 0.15) is 5.82 Å². The van der Waals surface area contributed by atoms with Crippen LogP contribution in [0, 0.1) is 24.4 Å². The SMILES string of the molecule is Cc1ccc(S(=O)(=O)Nc2ccc(F)cc2)cc1C(=O)Nc1ccc(F)c(F)c1. The summed E-state index contributed by atoms with van der Waals surface area (Å²) in [4.78, 5) is 12.3. The van der Waals surface area contributed by atoms with Crippen LogP contribution in [0.2, 0.25) is 0 Å². The molecule has 0 bridgehead atoms. The fourth-order valence-corrected chi connectivity index (χ4v) is 3.60. The van der Waals surface area contributed by atoms with E-state index >= 15 is 0 Å². The molecule has 0 saturated carbocycles. The van der Waals surface area contributed by atoms with Gasteiger partial charge in [0, 0.05) is 23.0 Å². The number of anilines is 2. The molecular weight excluding hydrogens is 405 g/mol. The third-order valence-electron chi connectivity index (χ3n) is 4.04. The van der Waals surface area contributed by atoms with Gasteiger partial charge in [0.2, 0.25) is 0 Å². The molecule has 0 heterocycles. The number of rotatable bonds is 5. The predicted octanol–water partition coefficient (Wildman–Crippen LogP) is 4.47. The summed E-state index contributed by atoms with van der Waals surface area (Å²) in [5, 5.41) is 2.40. The Labute approximate surface area is 165 Å². The Kier molecular flexibility index (Phi) is 5.60. The van der Waals surface area contributed by atoms with Crippen molar-refractivity contribution in [1.29, 1.82) is 0 Å². The van der Waals surface area contributed by atoms with Crippen LogP contribution in [0.4, 0.5) is 24.5 Å². The third-order valence-corrected chi connectivity index (χ3v) is 5.42. The number of nitrogens with one attached hydrogen (secondary N) is 2. The lowest BCUT2D eigenvalue weighted by Gasteiger charge is -2.12. The Morgan fingerprint density at radius 1 is 0.828 bits per heavy atom. The zero-order chi connectivity index (χ0) is 21.2. The second kappa shape index (κ2) is 7.96. The lowest BCUT2D eigenvalue weighted by atomic mass is 10.1. The molecule has 9 heteroatoms. The van der Waals surface area contributed by atoms with E-state index in [1.54, 1.807) is 6.92 Å². The van der Waals surface area contributed by atoms with E-state index in [0.29, 0.717) is 5.56 Å². The molecule has 0 unspecified atom stereocenters. The first-order chi connectivity index (χ1) is 13.7. The quantitative estimate of drug-likeness (QED) is 0.640. The van der Waals surface area contributed by atoms with Crippen LogP contribution >= 0.6 is 0 Å². The van der Waals surface area contributed by atoms with Gasteiger partial charge in [0.15, 0.2) is 11.6 Å². The van der Waals surface area contributed by atoms with E-state index < -0.39 is 33.4 Å². The molecule has 0 aliphatic rings. The Morgan fingerprint density at radius 2 is 1.48 bits per heavy atom. The standard InChI is InChI=1S/C20H15F3N2O3S/c1-12-2-8-16(29(27,28)25-14-5-3-13(21)4-6-14)11-17(12)20(26)24-15-7-9-18(22)19(23)10-15/h2-11,25H,1H3,(H,24,26). The minimum Gasteiger partial charge on any atom is -0.322 e. The largest absolute Gasteiger partial charge is 0.322 e. The average Bonchev–Trinajstić information content (AvgIpc) is 2.66. The van der Waals surface area contributed by atoms with E-state index in [1.165, 1.54) is 30.3 Å². The second-order valence-corrected chi connectivity index (χ2v) is 7.85. The number of sulfonamides is 1. The fourth-order valence-electron chi connectivity index (χ4n) is 2.52. The highest BCUT2D eigenvalue weighted by atomic mass is 32.2. The molecular formula is C20H15F3N2O3S. The maximum absolute atomic E-state index is 13.3. The van der Waals surface area contributed by atoms with E-state index in [4.69, 9.17) is 0 Å². The van der Waals surface area contributed by atoms with Gasteiger partial charge in [-0.05, 0) is 61.0 Å². The Balaban J connectivity index is 1.87. The van der Waals surface area contributed by atoms with E-state index in [1.807, 2.05) is 0 Å². The molecule has 5 nitrogen and oxygen atoms in total. The van der Waals surface area contributed by atoms with E-state index in [-0.39, 0.29) is 21.8 Å². The molecule has 0 spiro atoms. The summed E-state index contributed by atoms with van der Waals surface area (Å²) >= 11 is 0. The third kappa shape index (κ3) is 4.75. The summed E-state index contributed by atoms with van der Waals surface area (Å²) in [6.45, 7) is 1.60. The highest BCUT2D eigenvalue weighted by Crippen LogP contribution is 2.21. The van der Waals surface area contributed by atoms with E-state index in [0.717, 1.165) is 30.3 Å². The Hall–Kier alpha value is -3.33. The highest BCUT2D eigenvalue weighted by Gasteiger charge is 2.19. The molecule has 150 valence electrons. The molecule has 3 aromatic carbocycles. The van der Waals surface area contributed by atoms with Gasteiger partial charge >= 0.3 is 0 Å². The van der Waals surface area contributed by atoms with Gasteiger partial charge in [-0.2, -0.15) is 0 Å². The van der Waals surface area contributed by atoms with Crippen LogP contribution in [-0.4, -0.2) is 14.3 Å². The molecule has 1 amide bonds. The molecule has 0 aliphatic carbocycles. The molecule has 3 rings (SSSR count). The van der Waals surface area contributed by atoms with Gasteiger partial charge in [-0.3, -0.25) is 9.52 Å². The van der Waals surface area contributed by atoms with Crippen molar-refractivity contribution in [2.24, 2.45) is 0 Å². The van der Waals surface area contributed by atoms with Crippen molar-refractivity contribution in [3.05, 3.63) is 89.2 Å². The number of benzene rings is 3. The van der Waals surface area contributed by atoms with Crippen molar-refractivity contribution in [2.75, 3.05) is 10.0 Å². The molecule has 0 aliphatic heterocycles. The Morgan fingerprint density at radius 3 is 2.14 bits per heavy atom. The maximum Gasteiger partial charge on any atom is 0.261 e. The molecule has 0 aromatic heterocycles. The summed E-state index contributed by atoms with van der Waals surface area (Å²) in [6.07, 6.45) is 0. The van der Waals surface area contributed by atoms with Gasteiger partial charge in [0.05, 0.1) is 4.90 Å². The van der Waals surface area contributed by atoms with Crippen molar-refractivity contribution in [2.45, 2.75) is 11.8 Å². The van der Waals surface area contributed by atoms with Crippen LogP contribution in [-0.2, 0) is 10.0 Å². The number of hydrogen-bond acceptors (Lipinski definition) is 3. The summed E-state index contributed by atoms with van der Waals surface area (Å²) in [5.74, 6) is -3.38. The first-order valence-electron chi connectivity index (χ1n) is 8.31. The molecule has 0 fully saturated rings. The number of halogens is 3. The van der Waals surface area contributed by atoms with Crippen molar-refractivity contribution < 1.29 is 26.4 Å². The number of amides is 1. The molecule has 0 atom stereocenters. The van der Waals surface area contributed by atoms with Gasteiger partial charge in [-0.15, -0.1) is 0 Å². The van der Waals surface area contributed by atoms with Crippen molar-refractivity contribution in [1.82, 2.24) is 0 Å². The number of carbonyl (C=O) groups is 1. The van der Waals surface area contributed by atoms with Crippen LogP contribution in [0.15, 0.2) is 65.6 Å². The topological polar surface area (TPSA) is 75.3 Å². The first kappa shape index (κ1) is 20.4. The fraction of sp³-hybridized carbons (Fsp3) is 0.0500. The summed E-state index contributed by atoms with van der Waals surface area (Å²) in [6, 6.07) is 11.5. The lowest BCUT2D eigenvalue weighted by molar-refractivity contribution is 0.102. The van der Waals surface area contributed by atoms with Crippen LogP contribution < -0.4 is 10.0 Å². The average molecular weight is 420 g/mol. The molecule has 29 heavy (non-hydrogen) atoms. The van der Waals surface area contributed by atoms with Gasteiger partial charge < -0.3 is 5.32 Å². The molecule has 3 aromatic rings. The Bertz CT molecular complexity index is 1180. The number of carbonyl (C=O) groups excluding carboxylic acids is 1. The minimum absolute atomic E-state index is 0.0194. The summed E-state index contributed by atoms with van der Waals surface area (Å²) in [7, 11) is -4.05. The summed E-state index contributed by atoms with van der Waals surface area (Å²) in [5.41, 5.74) is 0.688. The smallest absolute Gasteiger partial charge is 0.261 e.